The largest absolute Gasteiger partial charge is 0.486 e. The molecule has 6 heteroatoms. The molecular formula is C23H23ClN2O3. The fraction of sp³-hybridized carbons (Fsp3) is 0.217. The summed E-state index contributed by atoms with van der Waals surface area (Å²) < 4.78 is 5.90. The molecule has 0 fully saturated rings. The Labute approximate surface area is 174 Å². The third-order valence-corrected chi connectivity index (χ3v) is 4.99. The van der Waals surface area contributed by atoms with E-state index < -0.39 is 0 Å². The molecular weight excluding hydrogens is 388 g/mol. The Morgan fingerprint density at radius 3 is 2.52 bits per heavy atom. The van der Waals surface area contributed by atoms with E-state index in [1.807, 2.05) is 51.1 Å². The summed E-state index contributed by atoms with van der Waals surface area (Å²) in [4.78, 5) is 27.8. The number of rotatable bonds is 6. The summed E-state index contributed by atoms with van der Waals surface area (Å²) in [5.74, 6) is 0.450. The predicted octanol–water partition coefficient (Wildman–Crippen LogP) is 4.72. The number of halogens is 1. The highest BCUT2D eigenvalue weighted by Gasteiger charge is 2.15. The number of amides is 1. The van der Waals surface area contributed by atoms with Crippen LogP contribution in [0.1, 0.15) is 45.9 Å². The van der Waals surface area contributed by atoms with E-state index in [9.17, 15) is 9.59 Å². The lowest BCUT2D eigenvalue weighted by Crippen LogP contribution is -2.27. The molecule has 0 saturated heterocycles. The molecule has 0 spiro atoms. The van der Waals surface area contributed by atoms with E-state index in [0.29, 0.717) is 16.1 Å². The Morgan fingerprint density at radius 1 is 1.14 bits per heavy atom. The average Bonchev–Trinajstić information content (AvgIpc) is 2.67. The summed E-state index contributed by atoms with van der Waals surface area (Å²) in [7, 11) is 0. The number of carbonyl (C=O) groups is 1. The SMILES string of the molecule is Cc1cc(=O)c(CNC(=O)c2ccc(C(C)Oc3ccccc3)c(Cl)c2)c(C)[nH]1. The van der Waals surface area contributed by atoms with Gasteiger partial charge in [-0.2, -0.15) is 0 Å². The molecule has 0 bridgehead atoms. The minimum absolute atomic E-state index is 0.0979. The molecule has 29 heavy (non-hydrogen) atoms. The zero-order valence-corrected chi connectivity index (χ0v) is 17.3. The highest BCUT2D eigenvalue weighted by molar-refractivity contribution is 6.31. The second-order valence-electron chi connectivity index (χ2n) is 6.91. The van der Waals surface area contributed by atoms with Gasteiger partial charge in [0, 0.05) is 45.7 Å². The highest BCUT2D eigenvalue weighted by Crippen LogP contribution is 2.28. The van der Waals surface area contributed by atoms with Gasteiger partial charge in [-0.15, -0.1) is 0 Å². The molecule has 1 unspecified atom stereocenters. The molecule has 1 atom stereocenters. The molecule has 0 saturated carbocycles. The monoisotopic (exact) mass is 410 g/mol. The Kier molecular flexibility index (Phi) is 6.39. The van der Waals surface area contributed by atoms with Crippen molar-refractivity contribution in [2.45, 2.75) is 33.4 Å². The van der Waals surface area contributed by atoms with Gasteiger partial charge in [0.25, 0.3) is 5.91 Å². The summed E-state index contributed by atoms with van der Waals surface area (Å²) in [6.07, 6.45) is -0.268. The number of ether oxygens (including phenoxy) is 1. The van der Waals surface area contributed by atoms with E-state index in [4.69, 9.17) is 16.3 Å². The van der Waals surface area contributed by atoms with Crippen molar-refractivity contribution in [2.24, 2.45) is 0 Å². The molecule has 2 N–H and O–H groups in total. The van der Waals surface area contributed by atoms with E-state index in [2.05, 4.69) is 10.3 Å². The molecule has 1 heterocycles. The van der Waals surface area contributed by atoms with Crippen LogP contribution in [0, 0.1) is 13.8 Å². The second-order valence-corrected chi connectivity index (χ2v) is 7.32. The van der Waals surface area contributed by atoms with Gasteiger partial charge in [-0.3, -0.25) is 9.59 Å². The highest BCUT2D eigenvalue weighted by atomic mass is 35.5. The fourth-order valence-corrected chi connectivity index (χ4v) is 3.47. The number of pyridine rings is 1. The van der Waals surface area contributed by atoms with Gasteiger partial charge in [0.15, 0.2) is 5.43 Å². The molecule has 3 aromatic rings. The van der Waals surface area contributed by atoms with Crippen LogP contribution in [0.25, 0.3) is 0 Å². The molecule has 0 aliphatic heterocycles. The zero-order valence-electron chi connectivity index (χ0n) is 16.6. The molecule has 3 rings (SSSR count). The van der Waals surface area contributed by atoms with Crippen LogP contribution in [0.5, 0.6) is 5.75 Å². The van der Waals surface area contributed by atoms with E-state index in [1.165, 1.54) is 6.07 Å². The number of aromatic nitrogens is 1. The number of hydrogen-bond acceptors (Lipinski definition) is 3. The van der Waals surface area contributed by atoms with Crippen LogP contribution >= 0.6 is 11.6 Å². The van der Waals surface area contributed by atoms with Gasteiger partial charge >= 0.3 is 0 Å². The third kappa shape index (κ3) is 5.06. The lowest BCUT2D eigenvalue weighted by Gasteiger charge is -2.17. The topological polar surface area (TPSA) is 71.2 Å². The number of H-pyrrole nitrogens is 1. The van der Waals surface area contributed by atoms with Crippen LogP contribution in [-0.2, 0) is 6.54 Å². The number of nitrogens with one attached hydrogen (secondary N) is 2. The quantitative estimate of drug-likeness (QED) is 0.617. The molecule has 150 valence electrons. The number of aryl methyl sites for hydroxylation is 2. The van der Waals surface area contributed by atoms with Gasteiger partial charge in [-0.1, -0.05) is 35.9 Å². The van der Waals surface area contributed by atoms with E-state index >= 15 is 0 Å². The molecule has 1 amide bonds. The Bertz CT molecular complexity index is 1080. The summed E-state index contributed by atoms with van der Waals surface area (Å²) in [6, 6.07) is 16.1. The Balaban J connectivity index is 1.69. The van der Waals surface area contributed by atoms with Gasteiger partial charge in [-0.25, -0.2) is 0 Å². The number of carbonyl (C=O) groups excluding carboxylic acids is 1. The molecule has 5 nitrogen and oxygen atoms in total. The van der Waals surface area contributed by atoms with Crippen LogP contribution in [0.3, 0.4) is 0 Å². The minimum atomic E-state index is -0.297. The van der Waals surface area contributed by atoms with Crippen molar-refractivity contribution in [3.63, 3.8) is 0 Å². The smallest absolute Gasteiger partial charge is 0.251 e. The van der Waals surface area contributed by atoms with Crippen LogP contribution < -0.4 is 15.5 Å². The zero-order chi connectivity index (χ0) is 21.0. The van der Waals surface area contributed by atoms with Gasteiger partial charge in [0.05, 0.1) is 0 Å². The summed E-state index contributed by atoms with van der Waals surface area (Å²) in [6.45, 7) is 5.69. The van der Waals surface area contributed by atoms with Crippen molar-refractivity contribution in [1.82, 2.24) is 10.3 Å². The molecule has 0 aliphatic carbocycles. The summed E-state index contributed by atoms with van der Waals surface area (Å²) in [5, 5.41) is 3.23. The predicted molar refractivity (Wildman–Crippen MR) is 115 cm³/mol. The van der Waals surface area contributed by atoms with Gasteiger partial charge in [0.1, 0.15) is 11.9 Å². The lowest BCUT2D eigenvalue weighted by molar-refractivity contribution is 0.0950. The van der Waals surface area contributed by atoms with E-state index in [-0.39, 0.29) is 24.0 Å². The standard InChI is InChI=1S/C23H23ClN2O3/c1-14-11-22(27)20(15(2)26-14)13-25-23(28)17-9-10-19(21(24)12-17)16(3)29-18-7-5-4-6-8-18/h4-12,16H,13H2,1-3H3,(H,25,28)(H,26,27). The second kappa shape index (κ2) is 8.97. The molecule has 1 aromatic heterocycles. The van der Waals surface area contributed by atoms with Crippen LogP contribution in [0.4, 0.5) is 0 Å². The van der Waals surface area contributed by atoms with Crippen LogP contribution in [0.15, 0.2) is 59.4 Å². The van der Waals surface area contributed by atoms with Crippen molar-refractivity contribution < 1.29 is 9.53 Å². The third-order valence-electron chi connectivity index (χ3n) is 4.66. The Morgan fingerprint density at radius 2 is 1.86 bits per heavy atom. The maximum atomic E-state index is 12.5. The van der Waals surface area contributed by atoms with Crippen LogP contribution in [-0.4, -0.2) is 10.9 Å². The number of hydrogen-bond donors (Lipinski definition) is 2. The van der Waals surface area contributed by atoms with Gasteiger partial charge in [-0.05, 0) is 45.0 Å². The van der Waals surface area contributed by atoms with Crippen molar-refractivity contribution in [3.05, 3.63) is 97.9 Å². The fourth-order valence-electron chi connectivity index (χ4n) is 3.13. The first kappa shape index (κ1) is 20.7. The summed E-state index contributed by atoms with van der Waals surface area (Å²) >= 11 is 6.40. The van der Waals surface area contributed by atoms with Gasteiger partial charge < -0.3 is 15.0 Å². The first-order valence-electron chi connectivity index (χ1n) is 9.34. The van der Waals surface area contributed by atoms with Crippen molar-refractivity contribution in [2.75, 3.05) is 0 Å². The average molecular weight is 411 g/mol. The number of para-hydroxylation sites is 1. The van der Waals surface area contributed by atoms with Crippen molar-refractivity contribution in [1.29, 1.82) is 0 Å². The Hall–Kier alpha value is -3.05. The van der Waals surface area contributed by atoms with Crippen molar-refractivity contribution in [3.8, 4) is 5.75 Å². The number of aromatic amines is 1. The van der Waals surface area contributed by atoms with Crippen LogP contribution in [0.2, 0.25) is 5.02 Å². The van der Waals surface area contributed by atoms with E-state index in [1.54, 1.807) is 18.2 Å². The first-order chi connectivity index (χ1) is 13.8. The normalized spacial score (nSPS) is 11.7. The summed E-state index contributed by atoms with van der Waals surface area (Å²) in [5.41, 5.74) is 3.19. The van der Waals surface area contributed by atoms with Crippen molar-refractivity contribution >= 4 is 17.5 Å². The lowest BCUT2D eigenvalue weighted by atomic mass is 10.1. The molecule has 0 radical (unpaired) electrons. The van der Waals surface area contributed by atoms with Gasteiger partial charge in [0.2, 0.25) is 0 Å². The maximum absolute atomic E-state index is 12.5. The maximum Gasteiger partial charge on any atom is 0.251 e. The number of benzene rings is 2. The molecule has 2 aromatic carbocycles. The molecule has 0 aliphatic rings. The van der Waals surface area contributed by atoms with E-state index in [0.717, 1.165) is 22.7 Å². The first-order valence-corrected chi connectivity index (χ1v) is 9.71. The minimum Gasteiger partial charge on any atom is -0.486 e.